The number of thiophene rings is 1. The molecule has 88 valence electrons. The Bertz CT molecular complexity index is 337. The highest BCUT2D eigenvalue weighted by Crippen LogP contribution is 2.14. The van der Waals surface area contributed by atoms with E-state index in [0.29, 0.717) is 5.92 Å². The van der Waals surface area contributed by atoms with Crippen molar-refractivity contribution in [3.63, 3.8) is 0 Å². The Kier molecular flexibility index (Phi) is 3.96. The van der Waals surface area contributed by atoms with Crippen LogP contribution < -0.4 is 10.6 Å². The summed E-state index contributed by atoms with van der Waals surface area (Å²) >= 11 is 1.70. The van der Waals surface area contributed by atoms with Crippen LogP contribution in [-0.4, -0.2) is 25.0 Å². The average molecular weight is 238 g/mol. The van der Waals surface area contributed by atoms with E-state index < -0.39 is 0 Å². The molecule has 2 unspecified atom stereocenters. The van der Waals surface area contributed by atoms with E-state index in [-0.39, 0.29) is 11.9 Å². The number of rotatable bonds is 4. The van der Waals surface area contributed by atoms with Gasteiger partial charge in [0.25, 0.3) is 0 Å². The fraction of sp³-hybridized carbons (Fsp3) is 0.583. The molecule has 1 amide bonds. The fourth-order valence-corrected chi connectivity index (χ4v) is 2.76. The average Bonchev–Trinajstić information content (AvgIpc) is 2.88. The molecular formula is C12H18N2OS. The van der Waals surface area contributed by atoms with Crippen molar-refractivity contribution in [2.75, 3.05) is 13.1 Å². The van der Waals surface area contributed by atoms with Gasteiger partial charge in [0.1, 0.15) is 0 Å². The molecule has 0 saturated carbocycles. The Hall–Kier alpha value is -0.870. The third-order valence-corrected chi connectivity index (χ3v) is 3.84. The second-order valence-corrected chi connectivity index (χ2v) is 5.15. The topological polar surface area (TPSA) is 41.1 Å². The predicted molar refractivity (Wildman–Crippen MR) is 66.6 cm³/mol. The van der Waals surface area contributed by atoms with Gasteiger partial charge in [0.05, 0.1) is 6.04 Å². The first kappa shape index (κ1) is 11.6. The van der Waals surface area contributed by atoms with Gasteiger partial charge in [0.15, 0.2) is 0 Å². The van der Waals surface area contributed by atoms with E-state index in [4.69, 9.17) is 0 Å². The maximum atomic E-state index is 11.8. The minimum absolute atomic E-state index is 0.0162. The van der Waals surface area contributed by atoms with Crippen molar-refractivity contribution in [3.05, 3.63) is 22.4 Å². The van der Waals surface area contributed by atoms with Crippen molar-refractivity contribution >= 4 is 17.2 Å². The Morgan fingerprint density at radius 2 is 2.56 bits per heavy atom. The second kappa shape index (κ2) is 5.46. The molecule has 1 aromatic rings. The summed E-state index contributed by atoms with van der Waals surface area (Å²) in [5, 5.41) is 10.4. The van der Waals surface area contributed by atoms with Crippen LogP contribution in [-0.2, 0) is 11.2 Å². The summed E-state index contributed by atoms with van der Waals surface area (Å²) in [5.41, 5.74) is 1.30. The summed E-state index contributed by atoms with van der Waals surface area (Å²) < 4.78 is 0. The lowest BCUT2D eigenvalue weighted by atomic mass is 10.0. The molecule has 2 rings (SSSR count). The van der Waals surface area contributed by atoms with Gasteiger partial charge in [-0.05, 0) is 47.7 Å². The SMILES string of the molecule is CC1CCNC1C(=O)NCCc1ccsc1. The van der Waals surface area contributed by atoms with Gasteiger partial charge < -0.3 is 10.6 Å². The predicted octanol–water partition coefficient (Wildman–Crippen LogP) is 1.40. The number of carbonyl (C=O) groups excluding carboxylic acids is 1. The molecule has 0 aliphatic carbocycles. The highest BCUT2D eigenvalue weighted by Gasteiger charge is 2.28. The van der Waals surface area contributed by atoms with Crippen LogP contribution in [0, 0.1) is 5.92 Å². The highest BCUT2D eigenvalue weighted by molar-refractivity contribution is 7.07. The van der Waals surface area contributed by atoms with Crippen LogP contribution in [0.15, 0.2) is 16.8 Å². The Labute approximate surface area is 100 Å². The Morgan fingerprint density at radius 1 is 1.69 bits per heavy atom. The maximum absolute atomic E-state index is 11.8. The third kappa shape index (κ3) is 2.83. The molecule has 2 N–H and O–H groups in total. The minimum atomic E-state index is 0.0162. The molecular weight excluding hydrogens is 220 g/mol. The smallest absolute Gasteiger partial charge is 0.237 e. The zero-order valence-corrected chi connectivity index (χ0v) is 10.3. The van der Waals surface area contributed by atoms with Crippen molar-refractivity contribution in [2.24, 2.45) is 5.92 Å². The van der Waals surface area contributed by atoms with Gasteiger partial charge in [-0.3, -0.25) is 4.79 Å². The molecule has 1 fully saturated rings. The van der Waals surface area contributed by atoms with Crippen LogP contribution in [0.5, 0.6) is 0 Å². The van der Waals surface area contributed by atoms with E-state index >= 15 is 0 Å². The zero-order valence-electron chi connectivity index (χ0n) is 9.53. The molecule has 1 aromatic heterocycles. The standard InChI is InChI=1S/C12H18N2OS/c1-9-2-5-13-11(9)12(15)14-6-3-10-4-7-16-8-10/h4,7-9,11,13H,2-3,5-6H2,1H3,(H,14,15). The summed E-state index contributed by atoms with van der Waals surface area (Å²) in [6.07, 6.45) is 2.03. The quantitative estimate of drug-likeness (QED) is 0.832. The molecule has 1 aliphatic heterocycles. The molecule has 2 heterocycles. The largest absolute Gasteiger partial charge is 0.354 e. The van der Waals surface area contributed by atoms with E-state index in [0.717, 1.165) is 25.9 Å². The lowest BCUT2D eigenvalue weighted by molar-refractivity contribution is -0.123. The number of hydrogen-bond acceptors (Lipinski definition) is 3. The molecule has 0 bridgehead atoms. The summed E-state index contributed by atoms with van der Waals surface area (Å²) in [5.74, 6) is 0.612. The maximum Gasteiger partial charge on any atom is 0.237 e. The highest BCUT2D eigenvalue weighted by atomic mass is 32.1. The van der Waals surface area contributed by atoms with E-state index in [2.05, 4.69) is 34.4 Å². The molecule has 0 radical (unpaired) electrons. The van der Waals surface area contributed by atoms with E-state index in [1.807, 2.05) is 0 Å². The van der Waals surface area contributed by atoms with Crippen LogP contribution in [0.4, 0.5) is 0 Å². The van der Waals surface area contributed by atoms with Crippen molar-refractivity contribution in [3.8, 4) is 0 Å². The number of nitrogens with one attached hydrogen (secondary N) is 2. The van der Waals surface area contributed by atoms with Crippen LogP contribution in [0.3, 0.4) is 0 Å². The molecule has 4 heteroatoms. The molecule has 1 aliphatic rings. The van der Waals surface area contributed by atoms with Gasteiger partial charge in [-0.15, -0.1) is 0 Å². The van der Waals surface area contributed by atoms with E-state index in [1.165, 1.54) is 5.56 Å². The van der Waals surface area contributed by atoms with Crippen LogP contribution >= 0.6 is 11.3 Å². The normalized spacial score (nSPS) is 24.6. The van der Waals surface area contributed by atoms with Crippen molar-refractivity contribution in [2.45, 2.75) is 25.8 Å². The number of carbonyl (C=O) groups is 1. The fourth-order valence-electron chi connectivity index (χ4n) is 2.06. The van der Waals surface area contributed by atoms with Gasteiger partial charge >= 0.3 is 0 Å². The van der Waals surface area contributed by atoms with Crippen molar-refractivity contribution in [1.29, 1.82) is 0 Å². The summed E-state index contributed by atoms with van der Waals surface area (Å²) in [7, 11) is 0. The molecule has 0 spiro atoms. The second-order valence-electron chi connectivity index (χ2n) is 4.37. The summed E-state index contributed by atoms with van der Waals surface area (Å²) in [4.78, 5) is 11.8. The molecule has 2 atom stereocenters. The van der Waals surface area contributed by atoms with Gasteiger partial charge in [0, 0.05) is 6.54 Å². The van der Waals surface area contributed by atoms with Gasteiger partial charge in [-0.2, -0.15) is 11.3 Å². The van der Waals surface area contributed by atoms with E-state index in [1.54, 1.807) is 11.3 Å². The van der Waals surface area contributed by atoms with Gasteiger partial charge in [-0.25, -0.2) is 0 Å². The third-order valence-electron chi connectivity index (χ3n) is 3.11. The molecule has 16 heavy (non-hydrogen) atoms. The Balaban J connectivity index is 1.71. The first-order valence-electron chi connectivity index (χ1n) is 5.79. The van der Waals surface area contributed by atoms with Crippen molar-refractivity contribution < 1.29 is 4.79 Å². The lowest BCUT2D eigenvalue weighted by Gasteiger charge is -2.15. The monoisotopic (exact) mass is 238 g/mol. The van der Waals surface area contributed by atoms with Crippen LogP contribution in [0.2, 0.25) is 0 Å². The van der Waals surface area contributed by atoms with E-state index in [9.17, 15) is 4.79 Å². The molecule has 3 nitrogen and oxygen atoms in total. The van der Waals surface area contributed by atoms with Crippen molar-refractivity contribution in [1.82, 2.24) is 10.6 Å². The molecule has 1 saturated heterocycles. The van der Waals surface area contributed by atoms with Gasteiger partial charge in [0.2, 0.25) is 5.91 Å². The first-order chi connectivity index (χ1) is 7.77. The molecule has 0 aromatic carbocycles. The van der Waals surface area contributed by atoms with Crippen LogP contribution in [0.1, 0.15) is 18.9 Å². The van der Waals surface area contributed by atoms with Crippen LogP contribution in [0.25, 0.3) is 0 Å². The summed E-state index contributed by atoms with van der Waals surface area (Å²) in [6, 6.07) is 2.12. The lowest BCUT2D eigenvalue weighted by Crippen LogP contribution is -2.43. The number of hydrogen-bond donors (Lipinski definition) is 2. The number of amides is 1. The minimum Gasteiger partial charge on any atom is -0.354 e. The zero-order chi connectivity index (χ0) is 11.4. The first-order valence-corrected chi connectivity index (χ1v) is 6.74. The Morgan fingerprint density at radius 3 is 3.19 bits per heavy atom. The summed E-state index contributed by atoms with van der Waals surface area (Å²) in [6.45, 7) is 3.83. The van der Waals surface area contributed by atoms with Gasteiger partial charge in [-0.1, -0.05) is 6.92 Å².